The lowest BCUT2D eigenvalue weighted by Gasteiger charge is -2.14. The second-order valence-corrected chi connectivity index (χ2v) is 10.4. The maximum atomic E-state index is 10.2. The van der Waals surface area contributed by atoms with E-state index in [1.54, 1.807) is 79.2 Å². The van der Waals surface area contributed by atoms with Gasteiger partial charge in [0.05, 0.1) is 65.7 Å². The Morgan fingerprint density at radius 1 is 0.592 bits per heavy atom. The molecule has 49 heavy (non-hydrogen) atoms. The molecule has 4 rings (SSSR count). The zero-order valence-electron chi connectivity index (χ0n) is 29.8. The van der Waals surface area contributed by atoms with Crippen molar-refractivity contribution in [2.24, 2.45) is 11.1 Å². The lowest BCUT2D eigenvalue weighted by Crippen LogP contribution is -2.04. The fourth-order valence-corrected chi connectivity index (χ4v) is 4.59. The van der Waals surface area contributed by atoms with Gasteiger partial charge in [0.2, 0.25) is 0 Å². The highest BCUT2D eigenvalue weighted by atomic mass is 16.6. The summed E-state index contributed by atoms with van der Waals surface area (Å²) < 4.78 is 31.4. The normalized spacial score (nSPS) is 10.2. The van der Waals surface area contributed by atoms with Crippen LogP contribution in [0.1, 0.15) is 49.8 Å². The van der Waals surface area contributed by atoms with Crippen molar-refractivity contribution in [1.29, 1.82) is 0 Å². The topological polar surface area (TPSA) is 155 Å². The molecule has 0 aliphatic rings. The molecule has 0 fully saturated rings. The fourth-order valence-electron chi connectivity index (χ4n) is 4.59. The molecule has 0 amide bonds. The van der Waals surface area contributed by atoms with E-state index in [9.17, 15) is 4.79 Å². The number of carbonyl (C=O) groups excluding carboxylic acids is 1. The summed E-state index contributed by atoms with van der Waals surface area (Å²) in [5, 5.41) is 3.98. The van der Waals surface area contributed by atoms with Crippen molar-refractivity contribution in [2.45, 2.75) is 40.9 Å². The van der Waals surface area contributed by atoms with Crippen molar-refractivity contribution in [2.75, 3.05) is 42.7 Å². The minimum absolute atomic E-state index is 0.206. The predicted octanol–water partition coefficient (Wildman–Crippen LogP) is 5.89. The number of nitrogens with two attached hydrogens (primary N) is 1. The molecule has 13 nitrogen and oxygen atoms in total. The summed E-state index contributed by atoms with van der Waals surface area (Å²) in [5.41, 5.74) is 6.81. The molecule has 2 N–H and O–H groups in total. The molecule has 0 saturated carbocycles. The minimum atomic E-state index is 0.206. The summed E-state index contributed by atoms with van der Waals surface area (Å²) >= 11 is 0. The molecule has 0 unspecified atom stereocenters. The van der Waals surface area contributed by atoms with E-state index >= 15 is 0 Å². The molecule has 0 spiro atoms. The van der Waals surface area contributed by atoms with Gasteiger partial charge >= 0.3 is 0 Å². The van der Waals surface area contributed by atoms with Crippen LogP contribution in [0.4, 0.5) is 0 Å². The zero-order valence-corrected chi connectivity index (χ0v) is 29.8. The van der Waals surface area contributed by atoms with Crippen molar-refractivity contribution < 1.29 is 42.9 Å². The van der Waals surface area contributed by atoms with E-state index in [-0.39, 0.29) is 13.2 Å². The number of pyridine rings is 2. The molecule has 0 radical (unpaired) electrons. The van der Waals surface area contributed by atoms with Crippen LogP contribution in [0.3, 0.4) is 0 Å². The summed E-state index contributed by atoms with van der Waals surface area (Å²) in [5.74, 6) is 8.82. The Bertz CT molecular complexity index is 1590. The average molecular weight is 679 g/mol. The first kappa shape index (κ1) is 39.8. The van der Waals surface area contributed by atoms with Crippen LogP contribution >= 0.6 is 0 Å². The largest absolute Gasteiger partial charge is 0.496 e. The molecular weight excluding hydrogens is 632 g/mol. The van der Waals surface area contributed by atoms with Gasteiger partial charge in [-0.05, 0) is 63.1 Å². The van der Waals surface area contributed by atoms with Crippen LogP contribution in [-0.4, -0.2) is 65.1 Å². The quantitative estimate of drug-likeness (QED) is 0.102. The Morgan fingerprint density at radius 3 is 1.37 bits per heavy atom. The van der Waals surface area contributed by atoms with Gasteiger partial charge in [0, 0.05) is 35.7 Å². The van der Waals surface area contributed by atoms with Gasteiger partial charge in [-0.3, -0.25) is 19.6 Å². The van der Waals surface area contributed by atoms with Gasteiger partial charge in [0.15, 0.2) is 6.29 Å². The Hall–Kier alpha value is -5.40. The average Bonchev–Trinajstić information content (AvgIpc) is 3.09. The Morgan fingerprint density at radius 2 is 1.00 bits per heavy atom. The number of methoxy groups -OCH3 is 6. The monoisotopic (exact) mass is 678 g/mol. The van der Waals surface area contributed by atoms with Crippen LogP contribution in [-0.2, 0) is 22.9 Å². The molecule has 0 saturated heterocycles. The van der Waals surface area contributed by atoms with E-state index in [1.165, 1.54) is 0 Å². The lowest BCUT2D eigenvalue weighted by molar-refractivity contribution is 0.111. The number of carbonyl (C=O) groups is 1. The van der Waals surface area contributed by atoms with E-state index in [0.717, 1.165) is 45.6 Å². The number of hydrogen-bond acceptors (Lipinski definition) is 13. The highest BCUT2D eigenvalue weighted by molar-refractivity contribution is 5.76. The van der Waals surface area contributed by atoms with E-state index in [0.29, 0.717) is 40.2 Å². The molecule has 0 aliphatic heterocycles. The molecule has 2 aromatic heterocycles. The van der Waals surface area contributed by atoms with Gasteiger partial charge in [0.25, 0.3) is 0 Å². The van der Waals surface area contributed by atoms with Crippen LogP contribution in [0, 0.1) is 27.7 Å². The van der Waals surface area contributed by atoms with Gasteiger partial charge in [-0.25, -0.2) is 5.90 Å². The first-order chi connectivity index (χ1) is 23.5. The summed E-state index contributed by atoms with van der Waals surface area (Å²) in [6.07, 6.45) is 2.35. The second kappa shape index (κ2) is 20.8. The smallest absolute Gasteiger partial charge is 0.168 e. The van der Waals surface area contributed by atoms with Crippen molar-refractivity contribution in [3.05, 3.63) is 93.6 Å². The number of ether oxygens (including phenoxy) is 6. The van der Waals surface area contributed by atoms with Gasteiger partial charge in [-0.1, -0.05) is 5.16 Å². The Labute approximate surface area is 287 Å². The lowest BCUT2D eigenvalue weighted by atomic mass is 10.1. The van der Waals surface area contributed by atoms with Gasteiger partial charge in [-0.15, -0.1) is 0 Å². The number of aryl methyl sites for hydroxylation is 4. The molecule has 264 valence electrons. The molecule has 2 heterocycles. The third-order valence-electron chi connectivity index (χ3n) is 6.69. The highest BCUT2D eigenvalue weighted by Gasteiger charge is 2.14. The number of aldehydes is 1. The standard InChI is InChI=1S/C18H22N2O4.C10H15NO4.C8H9NO/c1-12-6-13(2)20-14(7-12)10-19-24-11-16-17(22-4)8-15(21-3)9-18(16)23-5;1-12-7-4-9(13-2)8(6-15-11)10(5-7)14-3;1-6-3-7(2)9-8(4-6)5-10/h6-10H,11H2,1-5H3;4-5H,6,11H2,1-3H3;3-5H,1-2H3/b19-10+;;. The number of oxime groups is 1. The minimum Gasteiger partial charge on any atom is -0.496 e. The SMILES string of the molecule is COc1cc(OC)c(CO/N=C/c2cc(C)cc(C)n2)c(OC)c1.COc1cc(OC)c(CON)c(OC)c1.Cc1cc(C)nc(C=O)c1. The Balaban J connectivity index is 0.000000283. The first-order valence-electron chi connectivity index (χ1n) is 15.0. The third kappa shape index (κ3) is 12.6. The Kier molecular flexibility index (Phi) is 16.8. The van der Waals surface area contributed by atoms with Gasteiger partial charge < -0.3 is 33.3 Å². The van der Waals surface area contributed by atoms with E-state index in [2.05, 4.69) is 20.0 Å². The predicted molar refractivity (Wildman–Crippen MR) is 186 cm³/mol. The van der Waals surface area contributed by atoms with Crippen LogP contribution < -0.4 is 34.3 Å². The number of hydrogen-bond donors (Lipinski definition) is 1. The van der Waals surface area contributed by atoms with Crippen molar-refractivity contribution in [3.63, 3.8) is 0 Å². The van der Waals surface area contributed by atoms with Crippen molar-refractivity contribution in [3.8, 4) is 34.5 Å². The summed E-state index contributed by atoms with van der Waals surface area (Å²) in [7, 11) is 9.46. The maximum Gasteiger partial charge on any atom is 0.168 e. The molecule has 2 aromatic carbocycles. The highest BCUT2D eigenvalue weighted by Crippen LogP contribution is 2.35. The fraction of sp³-hybridized carbons (Fsp3) is 0.333. The van der Waals surface area contributed by atoms with Crippen LogP contribution in [0.5, 0.6) is 34.5 Å². The van der Waals surface area contributed by atoms with E-state index < -0.39 is 0 Å². The number of rotatable bonds is 13. The van der Waals surface area contributed by atoms with Crippen LogP contribution in [0.2, 0.25) is 0 Å². The molecule has 0 atom stereocenters. The van der Waals surface area contributed by atoms with Crippen LogP contribution in [0.15, 0.2) is 53.7 Å². The number of benzene rings is 2. The summed E-state index contributed by atoms with van der Waals surface area (Å²) in [6, 6.07) is 14.7. The van der Waals surface area contributed by atoms with Crippen molar-refractivity contribution in [1.82, 2.24) is 9.97 Å². The summed E-state index contributed by atoms with van der Waals surface area (Å²) in [4.78, 5) is 28.6. The van der Waals surface area contributed by atoms with Crippen LogP contribution in [0.25, 0.3) is 0 Å². The molecule has 0 aliphatic carbocycles. The molecule has 4 aromatic rings. The summed E-state index contributed by atoms with van der Waals surface area (Å²) in [6.45, 7) is 8.20. The zero-order chi connectivity index (χ0) is 36.3. The third-order valence-corrected chi connectivity index (χ3v) is 6.69. The van der Waals surface area contributed by atoms with E-state index in [1.807, 2.05) is 45.9 Å². The van der Waals surface area contributed by atoms with Gasteiger partial charge in [-0.2, -0.15) is 0 Å². The molecular formula is C36H46N4O9. The molecule has 13 heteroatoms. The van der Waals surface area contributed by atoms with Crippen molar-refractivity contribution >= 4 is 12.5 Å². The second-order valence-electron chi connectivity index (χ2n) is 10.4. The number of aromatic nitrogens is 2. The number of nitrogens with zero attached hydrogens (tertiary/aromatic N) is 3. The van der Waals surface area contributed by atoms with Gasteiger partial charge in [0.1, 0.15) is 53.4 Å². The van der Waals surface area contributed by atoms with E-state index in [4.69, 9.17) is 39.2 Å². The first-order valence-corrected chi connectivity index (χ1v) is 15.0. The maximum absolute atomic E-state index is 10.2. The molecule has 0 bridgehead atoms.